The highest BCUT2D eigenvalue weighted by Crippen LogP contribution is 2.16. The van der Waals surface area contributed by atoms with Crippen molar-refractivity contribution in [2.45, 2.75) is 24.8 Å². The fraction of sp³-hybridized carbons (Fsp3) is 0.333. The zero-order valence-corrected chi connectivity index (χ0v) is 15.5. The standard InChI is InChI=1S/C18H22N2O2S2/c1-13(2)16(20-17(21)15-9-6-11-24-15)18(22)19-10-12-23-14-7-4-3-5-8-14/h3-9,11,13,16H,10,12H2,1-2H3,(H,19,22)(H,20,21). The van der Waals surface area contributed by atoms with Crippen molar-refractivity contribution in [3.05, 3.63) is 52.7 Å². The van der Waals surface area contributed by atoms with Crippen LogP contribution in [0.25, 0.3) is 0 Å². The predicted octanol–water partition coefficient (Wildman–Crippen LogP) is 3.41. The summed E-state index contributed by atoms with van der Waals surface area (Å²) >= 11 is 3.06. The summed E-state index contributed by atoms with van der Waals surface area (Å²) in [6.07, 6.45) is 0. The molecule has 2 rings (SSSR count). The molecule has 0 fully saturated rings. The second kappa shape index (κ2) is 9.49. The molecule has 1 heterocycles. The number of thiophene rings is 1. The number of rotatable bonds is 8. The average Bonchev–Trinajstić information content (AvgIpc) is 3.11. The Hall–Kier alpha value is -1.79. The fourth-order valence-corrected chi connectivity index (χ4v) is 3.54. The minimum atomic E-state index is -0.527. The molecule has 0 spiro atoms. The maximum atomic E-state index is 12.4. The number of benzene rings is 1. The summed E-state index contributed by atoms with van der Waals surface area (Å²) in [7, 11) is 0. The lowest BCUT2D eigenvalue weighted by molar-refractivity contribution is -0.123. The number of amides is 2. The molecule has 1 atom stereocenters. The molecule has 0 bridgehead atoms. The molecule has 6 heteroatoms. The molecule has 0 saturated heterocycles. The molecule has 2 amide bonds. The van der Waals surface area contributed by atoms with Crippen LogP contribution >= 0.6 is 23.1 Å². The summed E-state index contributed by atoms with van der Waals surface area (Å²) < 4.78 is 0. The van der Waals surface area contributed by atoms with Gasteiger partial charge in [-0.2, -0.15) is 0 Å². The minimum Gasteiger partial charge on any atom is -0.353 e. The summed E-state index contributed by atoms with van der Waals surface area (Å²) in [4.78, 5) is 26.3. The molecular formula is C18H22N2O2S2. The van der Waals surface area contributed by atoms with Gasteiger partial charge < -0.3 is 10.6 Å². The summed E-state index contributed by atoms with van der Waals surface area (Å²) in [5.41, 5.74) is 0. The number of thioether (sulfide) groups is 1. The van der Waals surface area contributed by atoms with Gasteiger partial charge in [-0.05, 0) is 29.5 Å². The van der Waals surface area contributed by atoms with Crippen molar-refractivity contribution in [1.29, 1.82) is 0 Å². The topological polar surface area (TPSA) is 58.2 Å². The van der Waals surface area contributed by atoms with Gasteiger partial charge >= 0.3 is 0 Å². The van der Waals surface area contributed by atoms with E-state index in [1.54, 1.807) is 17.8 Å². The van der Waals surface area contributed by atoms with Crippen LogP contribution in [0.1, 0.15) is 23.5 Å². The van der Waals surface area contributed by atoms with Gasteiger partial charge in [0.25, 0.3) is 5.91 Å². The normalized spacial score (nSPS) is 12.0. The van der Waals surface area contributed by atoms with Crippen LogP contribution in [0.3, 0.4) is 0 Å². The molecule has 0 aliphatic carbocycles. The van der Waals surface area contributed by atoms with Gasteiger partial charge in [-0.1, -0.05) is 38.1 Å². The van der Waals surface area contributed by atoms with Gasteiger partial charge in [0.15, 0.2) is 0 Å². The van der Waals surface area contributed by atoms with Crippen LogP contribution in [-0.4, -0.2) is 30.2 Å². The zero-order chi connectivity index (χ0) is 17.4. The highest BCUT2D eigenvalue weighted by atomic mass is 32.2. The summed E-state index contributed by atoms with van der Waals surface area (Å²) in [6.45, 7) is 4.42. The molecule has 4 nitrogen and oxygen atoms in total. The third-order valence-electron chi connectivity index (χ3n) is 3.39. The molecule has 0 saturated carbocycles. The Balaban J connectivity index is 1.79. The van der Waals surface area contributed by atoms with Crippen molar-refractivity contribution in [3.63, 3.8) is 0 Å². The van der Waals surface area contributed by atoms with E-state index < -0.39 is 6.04 Å². The third-order valence-corrected chi connectivity index (χ3v) is 5.28. The smallest absolute Gasteiger partial charge is 0.262 e. The van der Waals surface area contributed by atoms with E-state index in [-0.39, 0.29) is 17.7 Å². The van der Waals surface area contributed by atoms with Crippen molar-refractivity contribution in [1.82, 2.24) is 10.6 Å². The quantitative estimate of drug-likeness (QED) is 0.559. The minimum absolute atomic E-state index is 0.0238. The van der Waals surface area contributed by atoms with Gasteiger partial charge in [0, 0.05) is 17.2 Å². The lowest BCUT2D eigenvalue weighted by Gasteiger charge is -2.21. The highest BCUT2D eigenvalue weighted by molar-refractivity contribution is 7.99. The lowest BCUT2D eigenvalue weighted by Crippen LogP contribution is -2.50. The Morgan fingerprint density at radius 1 is 1.12 bits per heavy atom. The van der Waals surface area contributed by atoms with E-state index in [0.29, 0.717) is 11.4 Å². The predicted molar refractivity (Wildman–Crippen MR) is 101 cm³/mol. The summed E-state index contributed by atoms with van der Waals surface area (Å²) in [5, 5.41) is 7.59. The van der Waals surface area contributed by atoms with Gasteiger partial charge in [-0.25, -0.2) is 0 Å². The molecule has 0 radical (unpaired) electrons. The highest BCUT2D eigenvalue weighted by Gasteiger charge is 2.24. The monoisotopic (exact) mass is 362 g/mol. The van der Waals surface area contributed by atoms with E-state index in [0.717, 1.165) is 5.75 Å². The van der Waals surface area contributed by atoms with E-state index in [4.69, 9.17) is 0 Å². The van der Waals surface area contributed by atoms with Crippen molar-refractivity contribution in [3.8, 4) is 0 Å². The van der Waals surface area contributed by atoms with E-state index in [1.165, 1.54) is 16.2 Å². The zero-order valence-electron chi connectivity index (χ0n) is 13.8. The Labute approximate surface area is 151 Å². The lowest BCUT2D eigenvalue weighted by atomic mass is 10.0. The molecular weight excluding hydrogens is 340 g/mol. The first-order valence-electron chi connectivity index (χ1n) is 7.88. The van der Waals surface area contributed by atoms with Crippen molar-refractivity contribution in [2.75, 3.05) is 12.3 Å². The van der Waals surface area contributed by atoms with Crippen LogP contribution in [0.4, 0.5) is 0 Å². The van der Waals surface area contributed by atoms with Crippen LogP contribution in [0.2, 0.25) is 0 Å². The second-order valence-electron chi connectivity index (χ2n) is 5.62. The molecule has 0 aliphatic rings. The molecule has 2 aromatic rings. The van der Waals surface area contributed by atoms with Gasteiger partial charge in [-0.3, -0.25) is 9.59 Å². The van der Waals surface area contributed by atoms with Crippen molar-refractivity contribution >= 4 is 34.9 Å². The van der Waals surface area contributed by atoms with Crippen LogP contribution in [-0.2, 0) is 4.79 Å². The first-order chi connectivity index (χ1) is 11.6. The Morgan fingerprint density at radius 3 is 2.50 bits per heavy atom. The second-order valence-corrected chi connectivity index (χ2v) is 7.74. The van der Waals surface area contributed by atoms with Crippen molar-refractivity contribution in [2.24, 2.45) is 5.92 Å². The van der Waals surface area contributed by atoms with Gasteiger partial charge in [0.2, 0.25) is 5.91 Å². The number of nitrogens with one attached hydrogen (secondary N) is 2. The van der Waals surface area contributed by atoms with Crippen molar-refractivity contribution < 1.29 is 9.59 Å². The molecule has 1 aromatic carbocycles. The fourth-order valence-electron chi connectivity index (χ4n) is 2.12. The van der Waals surface area contributed by atoms with Crippen LogP contribution in [0.15, 0.2) is 52.7 Å². The Kier molecular flexibility index (Phi) is 7.34. The van der Waals surface area contributed by atoms with Crippen LogP contribution < -0.4 is 10.6 Å². The third kappa shape index (κ3) is 5.69. The van der Waals surface area contributed by atoms with E-state index in [2.05, 4.69) is 10.6 Å². The molecule has 24 heavy (non-hydrogen) atoms. The van der Waals surface area contributed by atoms with Gasteiger partial charge in [0.1, 0.15) is 6.04 Å². The largest absolute Gasteiger partial charge is 0.353 e. The average molecular weight is 363 g/mol. The van der Waals surface area contributed by atoms with E-state index in [9.17, 15) is 9.59 Å². The van der Waals surface area contributed by atoms with Gasteiger partial charge in [0.05, 0.1) is 4.88 Å². The summed E-state index contributed by atoms with van der Waals surface area (Å²) in [5.74, 6) is 0.483. The number of hydrogen-bond donors (Lipinski definition) is 2. The van der Waals surface area contributed by atoms with E-state index in [1.807, 2.05) is 55.6 Å². The number of hydrogen-bond acceptors (Lipinski definition) is 4. The molecule has 0 aliphatic heterocycles. The molecule has 128 valence electrons. The Bertz CT molecular complexity index is 642. The van der Waals surface area contributed by atoms with E-state index >= 15 is 0 Å². The maximum absolute atomic E-state index is 12.4. The first-order valence-corrected chi connectivity index (χ1v) is 9.74. The summed E-state index contributed by atoms with van der Waals surface area (Å²) in [6, 6.07) is 13.1. The maximum Gasteiger partial charge on any atom is 0.262 e. The molecule has 2 N–H and O–H groups in total. The first kappa shape index (κ1) is 18.5. The Morgan fingerprint density at radius 2 is 1.88 bits per heavy atom. The van der Waals surface area contributed by atoms with Gasteiger partial charge in [-0.15, -0.1) is 23.1 Å². The van der Waals surface area contributed by atoms with Crippen LogP contribution in [0, 0.1) is 5.92 Å². The van der Waals surface area contributed by atoms with Crippen LogP contribution in [0.5, 0.6) is 0 Å². The number of carbonyl (C=O) groups is 2. The SMILES string of the molecule is CC(C)C(NC(=O)c1cccs1)C(=O)NCCSc1ccccc1. The molecule has 1 unspecified atom stereocenters. The number of carbonyl (C=O) groups excluding carboxylic acids is 2. The molecule has 1 aromatic heterocycles.